The first-order valence-electron chi connectivity index (χ1n) is 4.97. The number of hydrogen-bond donors (Lipinski definition) is 2. The van der Waals surface area contributed by atoms with E-state index in [0.29, 0.717) is 0 Å². The van der Waals surface area contributed by atoms with Crippen molar-refractivity contribution in [3.63, 3.8) is 0 Å². The fourth-order valence-electron chi connectivity index (χ4n) is 1.56. The van der Waals surface area contributed by atoms with Crippen LogP contribution in [0, 0.1) is 0 Å². The van der Waals surface area contributed by atoms with Crippen LogP contribution in [0.15, 0.2) is 27.6 Å². The molecule has 2 heterocycles. The van der Waals surface area contributed by atoms with Crippen molar-refractivity contribution in [1.82, 2.24) is 15.2 Å². The summed E-state index contributed by atoms with van der Waals surface area (Å²) >= 11 is 5.10. The lowest BCUT2D eigenvalue weighted by atomic mass is 10.1. The Balaban J connectivity index is 2.28. The van der Waals surface area contributed by atoms with Crippen LogP contribution in [-0.4, -0.2) is 9.78 Å². The summed E-state index contributed by atoms with van der Waals surface area (Å²) in [5, 5.41) is 6.33. The molecule has 0 aliphatic rings. The van der Waals surface area contributed by atoms with Gasteiger partial charge in [0.15, 0.2) is 0 Å². The molecule has 0 saturated carbocycles. The number of hydrazine groups is 1. The summed E-state index contributed by atoms with van der Waals surface area (Å²) in [6.45, 7) is 2.92. The molecule has 2 aromatic heterocycles. The fourth-order valence-corrected chi connectivity index (χ4v) is 2.76. The molecule has 0 fully saturated rings. The Hall–Kier alpha value is -0.690. The van der Waals surface area contributed by atoms with Gasteiger partial charge in [0.2, 0.25) is 0 Å². The standard InChI is InChI=1S/C10H13BrN4S/c1-2-15-5-8(4-13-15)10(14-12)7-3-9(11)16-6-7/h3-6,10,14H,2,12H2,1H3. The summed E-state index contributed by atoms with van der Waals surface area (Å²) in [7, 11) is 0. The molecule has 0 radical (unpaired) electrons. The largest absolute Gasteiger partial charge is 0.273 e. The second-order valence-corrected chi connectivity index (χ2v) is 5.70. The minimum absolute atomic E-state index is 0.00264. The molecule has 0 spiro atoms. The number of aromatic nitrogens is 2. The third-order valence-corrected chi connectivity index (χ3v) is 3.92. The van der Waals surface area contributed by atoms with Crippen molar-refractivity contribution in [3.8, 4) is 0 Å². The summed E-state index contributed by atoms with van der Waals surface area (Å²) in [6.07, 6.45) is 3.86. The van der Waals surface area contributed by atoms with Gasteiger partial charge in [-0.1, -0.05) is 0 Å². The molecule has 0 aliphatic heterocycles. The van der Waals surface area contributed by atoms with E-state index in [1.807, 2.05) is 17.1 Å². The molecule has 0 aromatic carbocycles. The van der Waals surface area contributed by atoms with Crippen LogP contribution in [0.5, 0.6) is 0 Å². The Kier molecular flexibility index (Phi) is 3.75. The third-order valence-electron chi connectivity index (χ3n) is 2.40. The molecular weight excluding hydrogens is 288 g/mol. The highest BCUT2D eigenvalue weighted by Gasteiger charge is 2.15. The molecule has 4 nitrogen and oxygen atoms in total. The molecule has 0 bridgehead atoms. The predicted molar refractivity (Wildman–Crippen MR) is 69.1 cm³/mol. The molecular formula is C10H13BrN4S. The van der Waals surface area contributed by atoms with Gasteiger partial charge in [-0.05, 0) is 39.9 Å². The van der Waals surface area contributed by atoms with Crippen molar-refractivity contribution < 1.29 is 0 Å². The molecule has 16 heavy (non-hydrogen) atoms. The molecule has 1 unspecified atom stereocenters. The van der Waals surface area contributed by atoms with Crippen molar-refractivity contribution in [2.45, 2.75) is 19.5 Å². The van der Waals surface area contributed by atoms with Gasteiger partial charge in [-0.25, -0.2) is 5.43 Å². The van der Waals surface area contributed by atoms with Crippen LogP contribution in [0.3, 0.4) is 0 Å². The Bertz CT molecular complexity index is 465. The monoisotopic (exact) mass is 300 g/mol. The highest BCUT2D eigenvalue weighted by atomic mass is 79.9. The Morgan fingerprint density at radius 3 is 2.94 bits per heavy atom. The van der Waals surface area contributed by atoms with Crippen molar-refractivity contribution in [2.75, 3.05) is 0 Å². The zero-order valence-electron chi connectivity index (χ0n) is 8.85. The topological polar surface area (TPSA) is 55.9 Å². The first kappa shape index (κ1) is 11.8. The molecule has 0 amide bonds. The predicted octanol–water partition coefficient (Wildman–Crippen LogP) is 2.28. The maximum absolute atomic E-state index is 5.60. The first-order chi connectivity index (χ1) is 7.74. The molecule has 6 heteroatoms. The van der Waals surface area contributed by atoms with Crippen molar-refractivity contribution in [1.29, 1.82) is 0 Å². The zero-order valence-corrected chi connectivity index (χ0v) is 11.3. The number of thiophene rings is 1. The van der Waals surface area contributed by atoms with E-state index in [1.165, 1.54) is 0 Å². The van der Waals surface area contributed by atoms with Gasteiger partial charge in [-0.3, -0.25) is 10.5 Å². The maximum atomic E-state index is 5.60. The Morgan fingerprint density at radius 2 is 2.44 bits per heavy atom. The quantitative estimate of drug-likeness (QED) is 0.673. The van der Waals surface area contributed by atoms with E-state index in [0.717, 1.165) is 21.5 Å². The van der Waals surface area contributed by atoms with Crippen LogP contribution in [0.4, 0.5) is 0 Å². The third kappa shape index (κ3) is 2.35. The van der Waals surface area contributed by atoms with Crippen LogP contribution in [-0.2, 0) is 6.54 Å². The van der Waals surface area contributed by atoms with E-state index in [4.69, 9.17) is 5.84 Å². The summed E-state index contributed by atoms with van der Waals surface area (Å²) in [5.41, 5.74) is 5.04. The number of nitrogens with two attached hydrogens (primary N) is 1. The lowest BCUT2D eigenvalue weighted by Gasteiger charge is -2.11. The first-order valence-corrected chi connectivity index (χ1v) is 6.64. The molecule has 2 aromatic rings. The van der Waals surface area contributed by atoms with Gasteiger partial charge in [-0.2, -0.15) is 5.10 Å². The molecule has 0 aliphatic carbocycles. The maximum Gasteiger partial charge on any atom is 0.0749 e. The zero-order chi connectivity index (χ0) is 11.5. The SMILES string of the molecule is CCn1cc(C(NN)c2csc(Br)c2)cn1. The molecule has 1 atom stereocenters. The minimum Gasteiger partial charge on any atom is -0.273 e. The van der Waals surface area contributed by atoms with Gasteiger partial charge in [0.25, 0.3) is 0 Å². The van der Waals surface area contributed by atoms with E-state index >= 15 is 0 Å². The van der Waals surface area contributed by atoms with Gasteiger partial charge >= 0.3 is 0 Å². The normalized spacial score (nSPS) is 12.9. The number of hydrogen-bond acceptors (Lipinski definition) is 4. The molecule has 86 valence electrons. The molecule has 2 rings (SSSR count). The molecule has 0 saturated heterocycles. The van der Waals surface area contributed by atoms with E-state index in [2.05, 4.69) is 44.8 Å². The number of aryl methyl sites for hydroxylation is 1. The van der Waals surface area contributed by atoms with Crippen molar-refractivity contribution in [3.05, 3.63) is 38.8 Å². The second-order valence-electron chi connectivity index (χ2n) is 3.41. The van der Waals surface area contributed by atoms with Gasteiger partial charge in [0.1, 0.15) is 0 Å². The van der Waals surface area contributed by atoms with Crippen LogP contribution in [0.1, 0.15) is 24.1 Å². The summed E-state index contributed by atoms with van der Waals surface area (Å²) in [6, 6.07) is 2.07. The second kappa shape index (κ2) is 5.09. The fraction of sp³-hybridized carbons (Fsp3) is 0.300. The highest BCUT2D eigenvalue weighted by Crippen LogP contribution is 2.28. The Labute approximate surface area is 107 Å². The summed E-state index contributed by atoms with van der Waals surface area (Å²) < 4.78 is 2.99. The van der Waals surface area contributed by atoms with E-state index < -0.39 is 0 Å². The number of nitrogens with one attached hydrogen (secondary N) is 1. The van der Waals surface area contributed by atoms with Crippen LogP contribution in [0.2, 0.25) is 0 Å². The summed E-state index contributed by atoms with van der Waals surface area (Å²) in [5.74, 6) is 5.60. The smallest absolute Gasteiger partial charge is 0.0749 e. The highest BCUT2D eigenvalue weighted by molar-refractivity contribution is 9.11. The lowest BCUT2D eigenvalue weighted by Crippen LogP contribution is -2.28. The van der Waals surface area contributed by atoms with Crippen molar-refractivity contribution >= 4 is 27.3 Å². The van der Waals surface area contributed by atoms with Gasteiger partial charge in [-0.15, -0.1) is 11.3 Å². The van der Waals surface area contributed by atoms with E-state index in [-0.39, 0.29) is 6.04 Å². The van der Waals surface area contributed by atoms with Gasteiger partial charge in [0.05, 0.1) is 16.0 Å². The average molecular weight is 301 g/mol. The summed E-state index contributed by atoms with van der Waals surface area (Å²) in [4.78, 5) is 0. The van der Waals surface area contributed by atoms with E-state index in [9.17, 15) is 0 Å². The van der Waals surface area contributed by atoms with E-state index in [1.54, 1.807) is 11.3 Å². The van der Waals surface area contributed by atoms with Crippen LogP contribution >= 0.6 is 27.3 Å². The van der Waals surface area contributed by atoms with Crippen LogP contribution in [0.25, 0.3) is 0 Å². The molecule has 3 N–H and O–H groups in total. The Morgan fingerprint density at radius 1 is 1.62 bits per heavy atom. The number of rotatable bonds is 4. The lowest BCUT2D eigenvalue weighted by molar-refractivity contribution is 0.631. The number of halogens is 1. The van der Waals surface area contributed by atoms with Crippen molar-refractivity contribution in [2.24, 2.45) is 5.84 Å². The van der Waals surface area contributed by atoms with Crippen LogP contribution < -0.4 is 11.3 Å². The van der Waals surface area contributed by atoms with Gasteiger partial charge < -0.3 is 0 Å². The minimum atomic E-state index is 0.00264. The van der Waals surface area contributed by atoms with Gasteiger partial charge in [0, 0.05) is 18.3 Å². The number of nitrogens with zero attached hydrogens (tertiary/aromatic N) is 2. The average Bonchev–Trinajstić information content (AvgIpc) is 2.89.